The molecular formula is C14H13F3O. The molecule has 2 aromatic carbocycles. The Morgan fingerprint density at radius 3 is 2.17 bits per heavy atom. The zero-order chi connectivity index (χ0) is 13.5. The van der Waals surface area contributed by atoms with Crippen LogP contribution in [0.3, 0.4) is 0 Å². The van der Waals surface area contributed by atoms with Gasteiger partial charge in [-0.2, -0.15) is 13.2 Å². The van der Waals surface area contributed by atoms with Gasteiger partial charge in [-0.15, -0.1) is 0 Å². The second kappa shape index (κ2) is 6.69. The summed E-state index contributed by atoms with van der Waals surface area (Å²) in [5.74, 6) is 0.0726. The van der Waals surface area contributed by atoms with Gasteiger partial charge in [0, 0.05) is 5.39 Å². The van der Waals surface area contributed by atoms with Gasteiger partial charge in [0.2, 0.25) is 0 Å². The molecule has 0 aliphatic carbocycles. The Morgan fingerprint density at radius 2 is 1.50 bits per heavy atom. The van der Waals surface area contributed by atoms with Crippen LogP contribution < -0.4 is 4.74 Å². The van der Waals surface area contributed by atoms with Gasteiger partial charge in [-0.25, -0.2) is 0 Å². The van der Waals surface area contributed by atoms with Crippen LogP contribution in [-0.2, 0) is 0 Å². The first kappa shape index (κ1) is 14.1. The predicted octanol–water partition coefficient (Wildman–Crippen LogP) is 5.28. The third-order valence-electron chi connectivity index (χ3n) is 2.10. The molecule has 2 rings (SSSR count). The lowest BCUT2D eigenvalue weighted by molar-refractivity contribution is 0.243. The van der Waals surface area contributed by atoms with E-state index in [-0.39, 0.29) is 5.75 Å². The summed E-state index contributed by atoms with van der Waals surface area (Å²) in [5, 5.41) is 1.38. The van der Waals surface area contributed by atoms with Crippen molar-refractivity contribution >= 4 is 10.8 Å². The topological polar surface area (TPSA) is 9.23 Å². The molecule has 0 N–H and O–H groups in total. The molecule has 0 heterocycles. The summed E-state index contributed by atoms with van der Waals surface area (Å²) in [6.45, 7) is 4.00. The van der Waals surface area contributed by atoms with E-state index < -0.39 is 12.1 Å². The van der Waals surface area contributed by atoms with Crippen molar-refractivity contribution in [2.24, 2.45) is 0 Å². The zero-order valence-electron chi connectivity index (χ0n) is 10.1. The second-order valence-corrected chi connectivity index (χ2v) is 3.11. The van der Waals surface area contributed by atoms with Crippen molar-refractivity contribution in [2.75, 3.05) is 0 Å². The lowest BCUT2D eigenvalue weighted by Gasteiger charge is -2.05. The molecule has 0 aromatic heterocycles. The summed E-state index contributed by atoms with van der Waals surface area (Å²) in [6, 6.07) is 9.96. The number of halogens is 3. The van der Waals surface area contributed by atoms with Gasteiger partial charge < -0.3 is 4.74 Å². The Hall–Kier alpha value is -1.97. The largest absolute Gasteiger partial charge is 0.427 e. The predicted molar refractivity (Wildman–Crippen MR) is 66.3 cm³/mol. The Kier molecular flexibility index (Phi) is 5.24. The van der Waals surface area contributed by atoms with E-state index in [1.165, 1.54) is 6.07 Å². The van der Waals surface area contributed by atoms with Crippen molar-refractivity contribution < 1.29 is 17.9 Å². The van der Waals surface area contributed by atoms with Crippen LogP contribution in [0.15, 0.2) is 54.6 Å². The van der Waals surface area contributed by atoms with E-state index in [0.717, 1.165) is 5.39 Å². The van der Waals surface area contributed by atoms with E-state index in [2.05, 4.69) is 4.74 Å². The van der Waals surface area contributed by atoms with E-state index in [1.54, 1.807) is 36.4 Å². The van der Waals surface area contributed by atoms with E-state index in [4.69, 9.17) is 0 Å². The fraction of sp³-hybridized carbons (Fsp3) is 0.143. The minimum atomic E-state index is -2.46. The summed E-state index contributed by atoms with van der Waals surface area (Å²) in [7, 11) is 0. The molecule has 2 aromatic rings. The van der Waals surface area contributed by atoms with Crippen LogP contribution in [0.5, 0.6) is 5.75 Å². The zero-order valence-corrected chi connectivity index (χ0v) is 10.1. The molecule has 0 aliphatic heterocycles. The molecule has 18 heavy (non-hydrogen) atoms. The first-order chi connectivity index (χ1) is 8.68. The normalized spacial score (nSPS) is 9.39. The first-order valence-electron chi connectivity index (χ1n) is 5.55. The molecule has 0 fully saturated rings. The smallest absolute Gasteiger partial charge is 0.344 e. The molecule has 0 spiro atoms. The molecule has 0 bridgehead atoms. The highest BCUT2D eigenvalue weighted by Crippen LogP contribution is 2.27. The quantitative estimate of drug-likeness (QED) is 0.662. The van der Waals surface area contributed by atoms with Crippen LogP contribution in [0.2, 0.25) is 0 Å². The molecule has 0 unspecified atom stereocenters. The molecular weight excluding hydrogens is 241 g/mol. The monoisotopic (exact) mass is 254 g/mol. The molecule has 4 heteroatoms. The molecule has 96 valence electrons. The van der Waals surface area contributed by atoms with Crippen molar-refractivity contribution in [2.45, 2.75) is 13.8 Å². The number of rotatable bonds is 2. The third kappa shape index (κ3) is 3.26. The second-order valence-electron chi connectivity index (χ2n) is 3.11. The van der Waals surface area contributed by atoms with Crippen molar-refractivity contribution in [3.05, 3.63) is 54.6 Å². The standard InChI is InChI=1S/C12H7F3O.C2H6/c13-11(14)12(15)16-10-7-3-5-8-4-1-2-6-9(8)10;1-2/h1-7H;1-2H3. The maximum Gasteiger partial charge on any atom is 0.344 e. The van der Waals surface area contributed by atoms with E-state index in [1.807, 2.05) is 13.8 Å². The minimum absolute atomic E-state index is 0.0726. The Morgan fingerprint density at radius 1 is 0.889 bits per heavy atom. The van der Waals surface area contributed by atoms with Gasteiger partial charge in [-0.3, -0.25) is 0 Å². The summed E-state index contributed by atoms with van der Waals surface area (Å²) >= 11 is 0. The van der Waals surface area contributed by atoms with Crippen LogP contribution >= 0.6 is 0 Å². The van der Waals surface area contributed by atoms with Gasteiger partial charge in [-0.1, -0.05) is 50.2 Å². The fourth-order valence-electron chi connectivity index (χ4n) is 1.42. The number of hydrogen-bond acceptors (Lipinski definition) is 1. The summed E-state index contributed by atoms with van der Waals surface area (Å²) in [4.78, 5) is 0. The molecule has 0 atom stereocenters. The molecule has 0 saturated carbocycles. The van der Waals surface area contributed by atoms with Gasteiger partial charge in [0.1, 0.15) is 5.75 Å². The maximum absolute atomic E-state index is 12.6. The summed E-state index contributed by atoms with van der Waals surface area (Å²) < 4.78 is 40.9. The average Bonchev–Trinajstić information content (AvgIpc) is 2.41. The van der Waals surface area contributed by atoms with Crippen LogP contribution in [0, 0.1) is 0 Å². The Bertz CT molecular complexity index is 540. The SMILES string of the molecule is CC.FC(F)=C(F)Oc1cccc2ccccc12. The molecule has 1 nitrogen and oxygen atoms in total. The first-order valence-corrected chi connectivity index (χ1v) is 5.55. The molecule has 0 aliphatic rings. The maximum atomic E-state index is 12.6. The summed E-state index contributed by atoms with van der Waals surface area (Å²) in [6.07, 6.45) is -2.46. The van der Waals surface area contributed by atoms with Crippen LogP contribution in [0.25, 0.3) is 10.8 Å². The molecule has 0 saturated heterocycles. The molecule has 0 radical (unpaired) electrons. The lowest BCUT2D eigenvalue weighted by atomic mass is 10.1. The van der Waals surface area contributed by atoms with Crippen LogP contribution in [0.4, 0.5) is 13.2 Å². The number of hydrogen-bond donors (Lipinski definition) is 0. The van der Waals surface area contributed by atoms with Crippen molar-refractivity contribution in [1.82, 2.24) is 0 Å². The van der Waals surface area contributed by atoms with Gasteiger partial charge >= 0.3 is 12.1 Å². The fourth-order valence-corrected chi connectivity index (χ4v) is 1.42. The molecule has 0 amide bonds. The Balaban J connectivity index is 0.000000771. The van der Waals surface area contributed by atoms with E-state index in [0.29, 0.717) is 5.39 Å². The number of fused-ring (bicyclic) bond motifs is 1. The Labute approximate surface area is 103 Å². The number of benzene rings is 2. The van der Waals surface area contributed by atoms with Crippen molar-refractivity contribution in [3.63, 3.8) is 0 Å². The van der Waals surface area contributed by atoms with Crippen LogP contribution in [0.1, 0.15) is 13.8 Å². The van der Waals surface area contributed by atoms with Gasteiger partial charge in [0.05, 0.1) is 0 Å². The van der Waals surface area contributed by atoms with Gasteiger partial charge in [-0.05, 0) is 11.5 Å². The highest BCUT2D eigenvalue weighted by Gasteiger charge is 2.09. The van der Waals surface area contributed by atoms with Crippen molar-refractivity contribution in [3.8, 4) is 5.75 Å². The van der Waals surface area contributed by atoms with Crippen molar-refractivity contribution in [1.29, 1.82) is 0 Å². The highest BCUT2D eigenvalue weighted by atomic mass is 19.3. The highest BCUT2D eigenvalue weighted by molar-refractivity contribution is 5.88. The van der Waals surface area contributed by atoms with E-state index in [9.17, 15) is 13.2 Å². The van der Waals surface area contributed by atoms with E-state index >= 15 is 0 Å². The van der Waals surface area contributed by atoms with Gasteiger partial charge in [0.25, 0.3) is 0 Å². The van der Waals surface area contributed by atoms with Crippen LogP contribution in [-0.4, -0.2) is 0 Å². The summed E-state index contributed by atoms with van der Waals surface area (Å²) in [5.41, 5.74) is 0. The number of ether oxygens (including phenoxy) is 1. The minimum Gasteiger partial charge on any atom is -0.427 e. The average molecular weight is 254 g/mol. The third-order valence-corrected chi connectivity index (χ3v) is 2.10. The lowest BCUT2D eigenvalue weighted by Crippen LogP contribution is -1.91. The van der Waals surface area contributed by atoms with Gasteiger partial charge in [0.15, 0.2) is 0 Å².